The molecule has 0 bridgehead atoms. The van der Waals surface area contributed by atoms with Crippen molar-refractivity contribution in [1.82, 2.24) is 5.32 Å². The number of rotatable bonds is 5. The van der Waals surface area contributed by atoms with E-state index in [1.54, 1.807) is 18.2 Å². The van der Waals surface area contributed by atoms with E-state index in [-0.39, 0.29) is 5.57 Å². The zero-order chi connectivity index (χ0) is 28.7. The van der Waals surface area contributed by atoms with E-state index in [4.69, 9.17) is 4.74 Å². The van der Waals surface area contributed by atoms with Gasteiger partial charge in [-0.25, -0.2) is 9.69 Å². The number of carbonyl (C=O) groups excluding carboxylic acids is 3. The van der Waals surface area contributed by atoms with Crippen LogP contribution in [0.2, 0.25) is 0 Å². The Morgan fingerprint density at radius 3 is 2.24 bits per heavy atom. The van der Waals surface area contributed by atoms with Gasteiger partial charge < -0.3 is 4.74 Å². The van der Waals surface area contributed by atoms with Crippen LogP contribution in [0.15, 0.2) is 101 Å². The topological polar surface area (TPSA) is 75.7 Å². The minimum absolute atomic E-state index is 0.160. The lowest BCUT2D eigenvalue weighted by Crippen LogP contribution is -2.54. The number of anilines is 1. The van der Waals surface area contributed by atoms with Crippen LogP contribution in [0.25, 0.3) is 27.6 Å². The molecule has 0 spiro atoms. The molecule has 1 saturated heterocycles. The average molecular weight is 605 g/mol. The minimum atomic E-state index is -0.792. The second-order valence-electron chi connectivity index (χ2n) is 9.96. The minimum Gasteiger partial charge on any atom is -0.488 e. The number of nitrogens with one attached hydrogen (secondary N) is 1. The highest BCUT2D eigenvalue weighted by molar-refractivity contribution is 9.10. The molecular weight excluding hydrogens is 580 g/mol. The second-order valence-corrected chi connectivity index (χ2v) is 10.8. The molecule has 4 amide bonds. The summed E-state index contributed by atoms with van der Waals surface area (Å²) in [6.45, 7) is 4.21. The van der Waals surface area contributed by atoms with Crippen LogP contribution in [0.1, 0.15) is 22.3 Å². The van der Waals surface area contributed by atoms with Crippen LogP contribution in [-0.2, 0) is 16.2 Å². The second kappa shape index (κ2) is 10.7. The van der Waals surface area contributed by atoms with Crippen molar-refractivity contribution < 1.29 is 19.1 Å². The summed E-state index contributed by atoms with van der Waals surface area (Å²) in [6, 6.07) is 28.2. The van der Waals surface area contributed by atoms with Gasteiger partial charge >= 0.3 is 6.03 Å². The molecule has 0 aliphatic carbocycles. The highest BCUT2D eigenvalue weighted by Crippen LogP contribution is 2.34. The van der Waals surface area contributed by atoms with Crippen molar-refractivity contribution >= 4 is 67.1 Å². The fraction of sp³-hybridized carbons (Fsp3) is 0.0882. The number of ether oxygens (including phenoxy) is 1. The normalized spacial score (nSPS) is 14.7. The van der Waals surface area contributed by atoms with Gasteiger partial charge in [-0.3, -0.25) is 14.9 Å². The fourth-order valence-electron chi connectivity index (χ4n) is 5.14. The molecule has 6 nitrogen and oxygen atoms in total. The van der Waals surface area contributed by atoms with Crippen molar-refractivity contribution in [3.8, 4) is 5.75 Å². The maximum Gasteiger partial charge on any atom is 0.335 e. The number of urea groups is 1. The van der Waals surface area contributed by atoms with Gasteiger partial charge in [-0.2, -0.15) is 0 Å². The van der Waals surface area contributed by atoms with E-state index in [0.29, 0.717) is 23.6 Å². The predicted molar refractivity (Wildman–Crippen MR) is 165 cm³/mol. The molecule has 1 aliphatic heterocycles. The quantitative estimate of drug-likeness (QED) is 0.165. The fourth-order valence-corrected chi connectivity index (χ4v) is 5.39. The zero-order valence-electron chi connectivity index (χ0n) is 22.4. The van der Waals surface area contributed by atoms with E-state index in [0.717, 1.165) is 47.6 Å². The number of barbiturate groups is 1. The Morgan fingerprint density at radius 1 is 0.805 bits per heavy atom. The molecule has 1 N–H and O–H groups in total. The van der Waals surface area contributed by atoms with Crippen LogP contribution >= 0.6 is 15.9 Å². The molecule has 5 aromatic carbocycles. The molecule has 0 radical (unpaired) electrons. The first kappa shape index (κ1) is 26.5. The Morgan fingerprint density at radius 2 is 1.49 bits per heavy atom. The molecular formula is C34H25BrN2O4. The molecule has 0 aromatic heterocycles. The third kappa shape index (κ3) is 4.89. The van der Waals surface area contributed by atoms with Gasteiger partial charge in [0.25, 0.3) is 11.8 Å². The maximum atomic E-state index is 13.7. The van der Waals surface area contributed by atoms with E-state index >= 15 is 0 Å². The number of hydrogen-bond donors (Lipinski definition) is 1. The number of hydrogen-bond acceptors (Lipinski definition) is 4. The van der Waals surface area contributed by atoms with E-state index < -0.39 is 17.8 Å². The summed E-state index contributed by atoms with van der Waals surface area (Å²) in [7, 11) is 0. The van der Waals surface area contributed by atoms with Gasteiger partial charge in [0.15, 0.2) is 0 Å². The number of nitrogens with zero attached hydrogens (tertiary/aromatic N) is 1. The molecule has 1 aliphatic rings. The summed E-state index contributed by atoms with van der Waals surface area (Å²) >= 11 is 3.45. The number of amides is 4. The Labute approximate surface area is 245 Å². The van der Waals surface area contributed by atoms with E-state index in [9.17, 15) is 14.4 Å². The SMILES string of the molecule is Cc1cc(N2C(=O)NC(=O)/C(=C/c3c(OCc4c(C)ccc5ccccc45)ccc4ccccc34)C2=O)ccc1Br. The van der Waals surface area contributed by atoms with Gasteiger partial charge in [0.2, 0.25) is 0 Å². The van der Waals surface area contributed by atoms with Gasteiger partial charge in [-0.15, -0.1) is 0 Å². The Hall–Kier alpha value is -4.75. The number of carbonyl (C=O) groups is 3. The van der Waals surface area contributed by atoms with Gasteiger partial charge in [0, 0.05) is 15.6 Å². The molecule has 0 unspecified atom stereocenters. The Bertz CT molecular complexity index is 1930. The van der Waals surface area contributed by atoms with Crippen molar-refractivity contribution in [2.45, 2.75) is 20.5 Å². The predicted octanol–water partition coefficient (Wildman–Crippen LogP) is 7.62. The number of halogens is 1. The summed E-state index contributed by atoms with van der Waals surface area (Å²) in [4.78, 5) is 40.5. The highest BCUT2D eigenvalue weighted by atomic mass is 79.9. The molecule has 6 rings (SSSR count). The number of fused-ring (bicyclic) bond motifs is 2. The lowest BCUT2D eigenvalue weighted by molar-refractivity contribution is -0.122. The van der Waals surface area contributed by atoms with Crippen molar-refractivity contribution in [1.29, 1.82) is 0 Å². The molecule has 1 heterocycles. The monoisotopic (exact) mass is 604 g/mol. The van der Waals surface area contributed by atoms with Crippen LogP contribution in [0.3, 0.4) is 0 Å². The number of benzene rings is 5. The maximum absolute atomic E-state index is 13.7. The van der Waals surface area contributed by atoms with Crippen LogP contribution in [0.4, 0.5) is 10.5 Å². The largest absolute Gasteiger partial charge is 0.488 e. The smallest absolute Gasteiger partial charge is 0.335 e. The third-order valence-corrected chi connectivity index (χ3v) is 8.26. The third-order valence-electron chi connectivity index (χ3n) is 7.37. The van der Waals surface area contributed by atoms with Crippen molar-refractivity contribution in [2.75, 3.05) is 4.90 Å². The van der Waals surface area contributed by atoms with Gasteiger partial charge in [0.1, 0.15) is 17.9 Å². The van der Waals surface area contributed by atoms with Crippen LogP contribution in [-0.4, -0.2) is 17.8 Å². The molecule has 41 heavy (non-hydrogen) atoms. The van der Waals surface area contributed by atoms with Crippen molar-refractivity contribution in [3.63, 3.8) is 0 Å². The molecule has 202 valence electrons. The molecule has 1 fully saturated rings. The first-order chi connectivity index (χ1) is 19.8. The van der Waals surface area contributed by atoms with Crippen molar-refractivity contribution in [2.24, 2.45) is 0 Å². The first-order valence-electron chi connectivity index (χ1n) is 13.1. The standard InChI is InChI=1S/C34H25BrN2O4/c1-20-11-12-22-7-4-6-10-26(22)29(20)19-41-31-16-13-23-8-3-5-9-25(23)27(31)18-28-32(38)36-34(40)37(33(28)39)24-14-15-30(35)21(2)17-24/h3-18H,19H2,1-2H3,(H,36,38,40)/b28-18-. The zero-order valence-corrected chi connectivity index (χ0v) is 24.0. The van der Waals surface area contributed by atoms with Crippen LogP contribution in [0.5, 0.6) is 5.75 Å². The molecule has 5 aromatic rings. The van der Waals surface area contributed by atoms with Crippen LogP contribution in [0, 0.1) is 13.8 Å². The number of imide groups is 2. The van der Waals surface area contributed by atoms with Gasteiger partial charge in [0.05, 0.1) is 5.69 Å². The summed E-state index contributed by atoms with van der Waals surface area (Å²) < 4.78 is 7.26. The van der Waals surface area contributed by atoms with Gasteiger partial charge in [-0.05, 0) is 76.9 Å². The van der Waals surface area contributed by atoms with E-state index in [2.05, 4.69) is 52.4 Å². The summed E-state index contributed by atoms with van der Waals surface area (Å²) in [5.41, 5.74) is 3.80. The molecule has 7 heteroatoms. The summed E-state index contributed by atoms with van der Waals surface area (Å²) in [6.07, 6.45) is 1.52. The van der Waals surface area contributed by atoms with E-state index in [1.165, 1.54) is 6.08 Å². The van der Waals surface area contributed by atoms with Crippen LogP contribution < -0.4 is 15.0 Å². The summed E-state index contributed by atoms with van der Waals surface area (Å²) in [5, 5.41) is 6.29. The lowest BCUT2D eigenvalue weighted by atomic mass is 9.99. The first-order valence-corrected chi connectivity index (χ1v) is 13.9. The lowest BCUT2D eigenvalue weighted by Gasteiger charge is -2.27. The Kier molecular flexibility index (Phi) is 6.89. The number of aryl methyl sites for hydroxylation is 2. The van der Waals surface area contributed by atoms with Gasteiger partial charge in [-0.1, -0.05) is 82.7 Å². The van der Waals surface area contributed by atoms with E-state index in [1.807, 2.05) is 55.5 Å². The van der Waals surface area contributed by atoms with Crippen molar-refractivity contribution in [3.05, 3.63) is 123 Å². The average Bonchev–Trinajstić information content (AvgIpc) is 2.97. The summed E-state index contributed by atoms with van der Waals surface area (Å²) in [5.74, 6) is -0.940. The highest BCUT2D eigenvalue weighted by Gasteiger charge is 2.37. The molecule has 0 saturated carbocycles. The Balaban J connectivity index is 1.44. The molecule has 0 atom stereocenters.